The predicted octanol–water partition coefficient (Wildman–Crippen LogP) is 3.46. The summed E-state index contributed by atoms with van der Waals surface area (Å²) >= 11 is 0. The zero-order valence-electron chi connectivity index (χ0n) is 13.3. The maximum Gasteiger partial charge on any atom is 0.161 e. The third kappa shape index (κ3) is 3.38. The molecule has 3 rings (SSSR count). The molecule has 116 valence electrons. The van der Waals surface area contributed by atoms with Gasteiger partial charge in [-0.3, -0.25) is 0 Å². The summed E-state index contributed by atoms with van der Waals surface area (Å²) in [6.07, 6.45) is 0. The van der Waals surface area contributed by atoms with Crippen LogP contribution in [-0.2, 0) is 0 Å². The first kappa shape index (κ1) is 15.6. The molecule has 0 saturated carbocycles. The number of ether oxygens (including phenoxy) is 2. The van der Waals surface area contributed by atoms with Crippen LogP contribution in [0.2, 0.25) is 0 Å². The van der Waals surface area contributed by atoms with Crippen molar-refractivity contribution in [3.8, 4) is 11.5 Å². The molecule has 3 aromatic rings. The molecule has 2 nitrogen and oxygen atoms in total. The van der Waals surface area contributed by atoms with E-state index in [0.717, 1.165) is 11.5 Å². The number of hydrogen-bond acceptors (Lipinski definition) is 2. The molecule has 3 aromatic carbocycles. The minimum Gasteiger partial charge on any atom is -0.493 e. The van der Waals surface area contributed by atoms with Gasteiger partial charge in [0.1, 0.15) is 0 Å². The molecular weight excluding hydrogens is 303 g/mol. The quantitative estimate of drug-likeness (QED) is 0.670. The largest absolute Gasteiger partial charge is 0.493 e. The number of methoxy groups -OCH3 is 2. The molecule has 0 aliphatic heterocycles. The highest BCUT2D eigenvalue weighted by Crippen LogP contribution is 2.36. The minimum absolute atomic E-state index is 0.621. The first-order valence-electron chi connectivity index (χ1n) is 7.45. The van der Waals surface area contributed by atoms with Gasteiger partial charge >= 0.3 is 0 Å². The molecule has 0 aliphatic rings. The minimum atomic E-state index is -0.621. The summed E-state index contributed by atoms with van der Waals surface area (Å²) in [6.45, 7) is 0. The van der Waals surface area contributed by atoms with Crippen LogP contribution in [0.25, 0.3) is 0 Å². The van der Waals surface area contributed by atoms with Crippen molar-refractivity contribution in [2.75, 3.05) is 14.2 Å². The van der Waals surface area contributed by atoms with Crippen LogP contribution < -0.4 is 25.4 Å². The second-order valence-corrected chi connectivity index (χ2v) is 7.27. The lowest BCUT2D eigenvalue weighted by Gasteiger charge is -2.20. The monoisotopic (exact) mass is 322 g/mol. The Morgan fingerprint density at radius 1 is 0.565 bits per heavy atom. The zero-order valence-corrected chi connectivity index (χ0v) is 14.2. The van der Waals surface area contributed by atoms with E-state index in [1.165, 1.54) is 15.9 Å². The van der Waals surface area contributed by atoms with E-state index < -0.39 is 7.92 Å². The van der Waals surface area contributed by atoms with Gasteiger partial charge in [-0.2, -0.15) is 0 Å². The van der Waals surface area contributed by atoms with Gasteiger partial charge in [0.2, 0.25) is 0 Å². The Labute approximate surface area is 138 Å². The fourth-order valence-electron chi connectivity index (χ4n) is 2.57. The van der Waals surface area contributed by atoms with Crippen LogP contribution in [-0.4, -0.2) is 14.2 Å². The third-order valence-electron chi connectivity index (χ3n) is 3.65. The first-order chi connectivity index (χ1) is 11.3. The average molecular weight is 322 g/mol. The Kier molecular flexibility index (Phi) is 4.95. The summed E-state index contributed by atoms with van der Waals surface area (Å²) in [5.41, 5.74) is 0. The fourth-order valence-corrected chi connectivity index (χ4v) is 4.87. The molecule has 0 spiro atoms. The number of benzene rings is 3. The highest BCUT2D eigenvalue weighted by molar-refractivity contribution is 7.79. The highest BCUT2D eigenvalue weighted by Gasteiger charge is 2.18. The number of hydrogen-bond donors (Lipinski definition) is 0. The summed E-state index contributed by atoms with van der Waals surface area (Å²) in [6, 6.07) is 27.4. The smallest absolute Gasteiger partial charge is 0.161 e. The van der Waals surface area contributed by atoms with E-state index in [2.05, 4.69) is 72.8 Å². The van der Waals surface area contributed by atoms with E-state index in [9.17, 15) is 0 Å². The van der Waals surface area contributed by atoms with Crippen molar-refractivity contribution in [2.45, 2.75) is 0 Å². The molecule has 0 fully saturated rings. The number of rotatable bonds is 5. The van der Waals surface area contributed by atoms with Crippen molar-refractivity contribution in [3.05, 3.63) is 78.9 Å². The summed E-state index contributed by atoms with van der Waals surface area (Å²) in [4.78, 5) is 0. The maximum absolute atomic E-state index is 5.48. The van der Waals surface area contributed by atoms with E-state index in [-0.39, 0.29) is 0 Å². The van der Waals surface area contributed by atoms with Gasteiger partial charge in [-0.1, -0.05) is 60.7 Å². The topological polar surface area (TPSA) is 18.5 Å². The van der Waals surface area contributed by atoms with Crippen molar-refractivity contribution < 1.29 is 9.47 Å². The van der Waals surface area contributed by atoms with Crippen LogP contribution in [0.15, 0.2) is 78.9 Å². The van der Waals surface area contributed by atoms with Gasteiger partial charge in [-0.05, 0) is 42.0 Å². The first-order valence-corrected chi connectivity index (χ1v) is 8.80. The molecule has 0 aromatic heterocycles. The lowest BCUT2D eigenvalue weighted by molar-refractivity contribution is 0.355. The Morgan fingerprint density at radius 3 is 1.57 bits per heavy atom. The van der Waals surface area contributed by atoms with Crippen molar-refractivity contribution >= 4 is 23.8 Å². The molecule has 0 atom stereocenters. The summed E-state index contributed by atoms with van der Waals surface area (Å²) in [7, 11) is 2.72. The lowest BCUT2D eigenvalue weighted by atomic mass is 10.3. The van der Waals surface area contributed by atoms with Crippen LogP contribution in [0.5, 0.6) is 11.5 Å². The molecule has 0 unspecified atom stereocenters. The van der Waals surface area contributed by atoms with Crippen molar-refractivity contribution in [3.63, 3.8) is 0 Å². The van der Waals surface area contributed by atoms with Gasteiger partial charge in [0, 0.05) is 0 Å². The summed E-state index contributed by atoms with van der Waals surface area (Å²) in [5.74, 6) is 1.52. The normalized spacial score (nSPS) is 10.6. The summed E-state index contributed by atoms with van der Waals surface area (Å²) < 4.78 is 10.8. The van der Waals surface area contributed by atoms with Gasteiger partial charge in [0.25, 0.3) is 0 Å². The van der Waals surface area contributed by atoms with E-state index in [1.807, 2.05) is 6.07 Å². The van der Waals surface area contributed by atoms with E-state index >= 15 is 0 Å². The summed E-state index contributed by atoms with van der Waals surface area (Å²) in [5, 5.41) is 3.89. The lowest BCUT2D eigenvalue weighted by Crippen LogP contribution is -2.20. The third-order valence-corrected chi connectivity index (χ3v) is 6.08. The van der Waals surface area contributed by atoms with Gasteiger partial charge in [-0.15, -0.1) is 0 Å². The standard InChI is InChI=1S/C20H19O2P/c1-21-19-14-13-18(15-20(19)22-2)23(16-9-5-3-6-10-16)17-11-7-4-8-12-17/h3-15H,1-2H3. The molecular formula is C20H19O2P. The Bertz CT molecular complexity index is 718. The van der Waals surface area contributed by atoms with Gasteiger partial charge in [0.15, 0.2) is 11.5 Å². The second-order valence-electron chi connectivity index (χ2n) is 5.05. The fraction of sp³-hybridized carbons (Fsp3) is 0.100. The van der Waals surface area contributed by atoms with E-state index in [1.54, 1.807) is 14.2 Å². The molecule has 3 heteroatoms. The molecule has 23 heavy (non-hydrogen) atoms. The Hall–Kier alpha value is -2.31. The van der Waals surface area contributed by atoms with Crippen LogP contribution in [0.1, 0.15) is 0 Å². The van der Waals surface area contributed by atoms with E-state index in [4.69, 9.17) is 9.47 Å². The molecule has 0 radical (unpaired) electrons. The molecule has 0 aliphatic carbocycles. The molecule has 0 amide bonds. The van der Waals surface area contributed by atoms with Crippen LogP contribution >= 0.6 is 7.92 Å². The Morgan fingerprint density at radius 2 is 1.09 bits per heavy atom. The Balaban J connectivity index is 2.13. The average Bonchev–Trinajstić information content (AvgIpc) is 2.63. The van der Waals surface area contributed by atoms with Crippen LogP contribution in [0.4, 0.5) is 0 Å². The second kappa shape index (κ2) is 7.30. The van der Waals surface area contributed by atoms with Gasteiger partial charge in [-0.25, -0.2) is 0 Å². The maximum atomic E-state index is 5.48. The SMILES string of the molecule is COc1ccc(P(c2ccccc2)c2ccccc2)cc1OC. The molecule has 0 saturated heterocycles. The van der Waals surface area contributed by atoms with Crippen LogP contribution in [0.3, 0.4) is 0 Å². The highest BCUT2D eigenvalue weighted by atomic mass is 31.1. The van der Waals surface area contributed by atoms with Crippen LogP contribution in [0, 0.1) is 0 Å². The van der Waals surface area contributed by atoms with E-state index in [0.29, 0.717) is 0 Å². The molecule has 0 bridgehead atoms. The molecule has 0 heterocycles. The van der Waals surface area contributed by atoms with Gasteiger partial charge < -0.3 is 9.47 Å². The predicted molar refractivity (Wildman–Crippen MR) is 98.3 cm³/mol. The van der Waals surface area contributed by atoms with Crippen molar-refractivity contribution in [1.29, 1.82) is 0 Å². The zero-order chi connectivity index (χ0) is 16.1. The van der Waals surface area contributed by atoms with Crippen molar-refractivity contribution in [2.24, 2.45) is 0 Å². The van der Waals surface area contributed by atoms with Crippen molar-refractivity contribution in [1.82, 2.24) is 0 Å². The molecule has 0 N–H and O–H groups in total. The van der Waals surface area contributed by atoms with Gasteiger partial charge in [0.05, 0.1) is 14.2 Å².